The third-order valence-corrected chi connectivity index (χ3v) is 5.61. The second kappa shape index (κ2) is 8.52. The predicted molar refractivity (Wildman–Crippen MR) is 114 cm³/mol. The average Bonchev–Trinajstić information content (AvgIpc) is 2.78. The highest BCUT2D eigenvalue weighted by atomic mass is 19.4. The SMILES string of the molecule is O=C(CCn1c(=O)[nH]c2ccccc2c1=O)N1CCN(c2cccc(C(F)(F)F)c2)CC1. The molecule has 168 valence electrons. The van der Waals surface area contributed by atoms with Gasteiger partial charge < -0.3 is 14.8 Å². The highest BCUT2D eigenvalue weighted by Gasteiger charge is 2.31. The highest BCUT2D eigenvalue weighted by molar-refractivity contribution is 5.78. The van der Waals surface area contributed by atoms with E-state index in [-0.39, 0.29) is 18.9 Å². The number of hydrogen-bond donors (Lipinski definition) is 1. The summed E-state index contributed by atoms with van der Waals surface area (Å²) in [7, 11) is 0. The fourth-order valence-electron chi connectivity index (χ4n) is 3.86. The molecule has 32 heavy (non-hydrogen) atoms. The standard InChI is InChI=1S/C22H21F3N4O3/c23-22(24,25)15-4-3-5-16(14-15)27-10-12-28(13-11-27)19(30)8-9-29-20(31)17-6-1-2-7-18(17)26-21(29)32/h1-7,14H,8-13H2,(H,26,32). The Balaban J connectivity index is 1.38. The molecular formula is C22H21F3N4O3. The van der Waals surface area contributed by atoms with Gasteiger partial charge in [0.1, 0.15) is 0 Å². The minimum atomic E-state index is -4.41. The smallest absolute Gasteiger partial charge is 0.368 e. The second-order valence-corrected chi connectivity index (χ2v) is 7.60. The number of aromatic nitrogens is 2. The van der Waals surface area contributed by atoms with Gasteiger partial charge in [-0.15, -0.1) is 0 Å². The number of nitrogens with zero attached hydrogens (tertiary/aromatic N) is 3. The van der Waals surface area contributed by atoms with Crippen LogP contribution < -0.4 is 16.1 Å². The number of carbonyl (C=O) groups is 1. The molecule has 0 radical (unpaired) electrons. The summed E-state index contributed by atoms with van der Waals surface area (Å²) in [5.74, 6) is -0.215. The molecule has 1 saturated heterocycles. The van der Waals surface area contributed by atoms with Gasteiger partial charge in [-0.25, -0.2) is 4.79 Å². The van der Waals surface area contributed by atoms with Gasteiger partial charge >= 0.3 is 11.9 Å². The van der Waals surface area contributed by atoms with E-state index in [9.17, 15) is 27.6 Å². The number of nitrogens with one attached hydrogen (secondary N) is 1. The maximum Gasteiger partial charge on any atom is 0.416 e. The molecule has 1 aromatic heterocycles. The first kappa shape index (κ1) is 21.7. The van der Waals surface area contributed by atoms with E-state index in [2.05, 4.69) is 4.98 Å². The van der Waals surface area contributed by atoms with Crippen LogP contribution in [-0.4, -0.2) is 46.5 Å². The van der Waals surface area contributed by atoms with Crippen LogP contribution in [0.4, 0.5) is 18.9 Å². The summed E-state index contributed by atoms with van der Waals surface area (Å²) in [5.41, 5.74) is -0.834. The van der Waals surface area contributed by atoms with Gasteiger partial charge in [0.15, 0.2) is 0 Å². The molecule has 2 aromatic carbocycles. The van der Waals surface area contributed by atoms with Crippen LogP contribution in [0.3, 0.4) is 0 Å². The topological polar surface area (TPSA) is 78.4 Å². The van der Waals surface area contributed by atoms with Crippen LogP contribution in [-0.2, 0) is 17.5 Å². The number of benzene rings is 2. The van der Waals surface area contributed by atoms with Gasteiger partial charge in [-0.2, -0.15) is 13.2 Å². The van der Waals surface area contributed by atoms with Crippen LogP contribution in [0.5, 0.6) is 0 Å². The van der Waals surface area contributed by atoms with Crippen molar-refractivity contribution in [3.05, 3.63) is 74.9 Å². The van der Waals surface area contributed by atoms with Crippen LogP contribution in [0, 0.1) is 0 Å². The lowest BCUT2D eigenvalue weighted by atomic mass is 10.1. The second-order valence-electron chi connectivity index (χ2n) is 7.60. The molecule has 0 spiro atoms. The Kier molecular flexibility index (Phi) is 5.77. The monoisotopic (exact) mass is 446 g/mol. The molecule has 2 heterocycles. The van der Waals surface area contributed by atoms with Crippen LogP contribution >= 0.6 is 0 Å². The minimum absolute atomic E-state index is 0.0229. The summed E-state index contributed by atoms with van der Waals surface area (Å²) in [6, 6.07) is 11.8. The molecule has 1 fully saturated rings. The van der Waals surface area contributed by atoms with E-state index in [1.165, 1.54) is 6.07 Å². The lowest BCUT2D eigenvalue weighted by Gasteiger charge is -2.36. The Labute approximate surface area is 180 Å². The molecule has 0 unspecified atom stereocenters. The van der Waals surface area contributed by atoms with Crippen molar-refractivity contribution in [1.29, 1.82) is 0 Å². The largest absolute Gasteiger partial charge is 0.416 e. The number of fused-ring (bicyclic) bond motifs is 1. The van der Waals surface area contributed by atoms with Crippen molar-refractivity contribution in [3.8, 4) is 0 Å². The third-order valence-electron chi connectivity index (χ3n) is 5.61. The van der Waals surface area contributed by atoms with Crippen molar-refractivity contribution in [1.82, 2.24) is 14.5 Å². The van der Waals surface area contributed by atoms with Crippen molar-refractivity contribution >= 4 is 22.5 Å². The van der Waals surface area contributed by atoms with Gasteiger partial charge in [0, 0.05) is 44.8 Å². The van der Waals surface area contributed by atoms with Gasteiger partial charge in [-0.3, -0.25) is 14.2 Å². The number of anilines is 1. The molecule has 10 heteroatoms. The fourth-order valence-corrected chi connectivity index (χ4v) is 3.86. The summed E-state index contributed by atoms with van der Waals surface area (Å²) in [6.45, 7) is 1.43. The lowest BCUT2D eigenvalue weighted by molar-refractivity contribution is -0.137. The zero-order valence-electron chi connectivity index (χ0n) is 17.1. The molecule has 1 amide bonds. The van der Waals surface area contributed by atoms with Crippen LogP contribution in [0.25, 0.3) is 10.9 Å². The molecule has 0 atom stereocenters. The molecule has 4 rings (SSSR count). The van der Waals surface area contributed by atoms with E-state index in [0.717, 1.165) is 16.7 Å². The summed E-state index contributed by atoms with van der Waals surface area (Å²) in [4.78, 5) is 43.5. The Hall–Kier alpha value is -3.56. The summed E-state index contributed by atoms with van der Waals surface area (Å²) in [5, 5.41) is 0.370. The van der Waals surface area contributed by atoms with Crippen molar-refractivity contribution in [3.63, 3.8) is 0 Å². The first-order valence-corrected chi connectivity index (χ1v) is 10.2. The summed E-state index contributed by atoms with van der Waals surface area (Å²) in [6.07, 6.45) is -4.43. The molecule has 0 aliphatic carbocycles. The zero-order valence-corrected chi connectivity index (χ0v) is 17.1. The van der Waals surface area contributed by atoms with Gasteiger partial charge in [-0.05, 0) is 30.3 Å². The fraction of sp³-hybridized carbons (Fsp3) is 0.318. The normalized spacial score (nSPS) is 14.7. The molecule has 3 aromatic rings. The van der Waals surface area contributed by atoms with E-state index < -0.39 is 23.0 Å². The summed E-state index contributed by atoms with van der Waals surface area (Å²) < 4.78 is 39.9. The number of carbonyl (C=O) groups excluding carboxylic acids is 1. The third kappa shape index (κ3) is 4.39. The molecular weight excluding hydrogens is 425 g/mol. The first-order chi connectivity index (χ1) is 15.2. The van der Waals surface area contributed by atoms with E-state index in [1.807, 2.05) is 0 Å². The average molecular weight is 446 g/mol. The molecule has 1 aliphatic rings. The Bertz CT molecular complexity index is 1260. The Morgan fingerprint density at radius 3 is 2.41 bits per heavy atom. The van der Waals surface area contributed by atoms with Gasteiger partial charge in [0.05, 0.1) is 16.5 Å². The zero-order chi connectivity index (χ0) is 22.9. The number of para-hydroxylation sites is 1. The van der Waals surface area contributed by atoms with E-state index in [1.54, 1.807) is 40.1 Å². The quantitative estimate of drug-likeness (QED) is 0.668. The summed E-state index contributed by atoms with van der Waals surface area (Å²) >= 11 is 0. The number of amides is 1. The van der Waals surface area contributed by atoms with Gasteiger partial charge in [0.2, 0.25) is 5.91 Å². The molecule has 7 nitrogen and oxygen atoms in total. The number of H-pyrrole nitrogens is 1. The maximum atomic E-state index is 13.0. The lowest BCUT2D eigenvalue weighted by Crippen LogP contribution is -2.49. The van der Waals surface area contributed by atoms with Crippen molar-refractivity contribution in [2.75, 3.05) is 31.1 Å². The number of aromatic amines is 1. The van der Waals surface area contributed by atoms with E-state index in [4.69, 9.17) is 0 Å². The van der Waals surface area contributed by atoms with Crippen LogP contribution in [0.2, 0.25) is 0 Å². The molecule has 1 N–H and O–H groups in total. The molecule has 0 saturated carbocycles. The number of halogens is 3. The van der Waals surface area contributed by atoms with Crippen LogP contribution in [0.1, 0.15) is 12.0 Å². The number of rotatable bonds is 4. The van der Waals surface area contributed by atoms with E-state index >= 15 is 0 Å². The minimum Gasteiger partial charge on any atom is -0.368 e. The predicted octanol–water partition coefficient (Wildman–Crippen LogP) is 2.45. The highest BCUT2D eigenvalue weighted by Crippen LogP contribution is 2.31. The number of piperazine rings is 1. The number of alkyl halides is 3. The molecule has 0 bridgehead atoms. The van der Waals surface area contributed by atoms with Crippen molar-refractivity contribution in [2.24, 2.45) is 0 Å². The van der Waals surface area contributed by atoms with Gasteiger partial charge in [-0.1, -0.05) is 18.2 Å². The Morgan fingerprint density at radius 2 is 1.69 bits per heavy atom. The Morgan fingerprint density at radius 1 is 0.969 bits per heavy atom. The molecule has 1 aliphatic heterocycles. The first-order valence-electron chi connectivity index (χ1n) is 10.2. The van der Waals surface area contributed by atoms with Crippen LogP contribution in [0.15, 0.2) is 58.1 Å². The van der Waals surface area contributed by atoms with Crippen molar-refractivity contribution < 1.29 is 18.0 Å². The van der Waals surface area contributed by atoms with Crippen molar-refractivity contribution in [2.45, 2.75) is 19.1 Å². The van der Waals surface area contributed by atoms with Gasteiger partial charge in [0.25, 0.3) is 5.56 Å². The maximum absolute atomic E-state index is 13.0. The van der Waals surface area contributed by atoms with E-state index in [0.29, 0.717) is 42.8 Å². The number of hydrogen-bond acceptors (Lipinski definition) is 4.